The summed E-state index contributed by atoms with van der Waals surface area (Å²) in [6.45, 7) is 12.3. The van der Waals surface area contributed by atoms with Gasteiger partial charge in [0.25, 0.3) is 0 Å². The lowest BCUT2D eigenvalue weighted by molar-refractivity contribution is 0.139. The topological polar surface area (TPSA) is 51.4 Å². The van der Waals surface area contributed by atoms with Crippen molar-refractivity contribution in [2.45, 2.75) is 52.7 Å². The van der Waals surface area contributed by atoms with Gasteiger partial charge in [0.05, 0.1) is 0 Å². The number of aromatic nitrogens is 1. The quantitative estimate of drug-likeness (QED) is 0.823. The lowest BCUT2D eigenvalue weighted by atomic mass is 10.1. The summed E-state index contributed by atoms with van der Waals surface area (Å²) < 4.78 is 5.80. The highest BCUT2D eigenvalue weighted by molar-refractivity contribution is 5.28. The van der Waals surface area contributed by atoms with Gasteiger partial charge in [-0.3, -0.25) is 4.90 Å². The normalized spacial score (nSPS) is 13.3. The first-order valence-corrected chi connectivity index (χ1v) is 7.02. The minimum Gasteiger partial charge on any atom is -0.476 e. The van der Waals surface area contributed by atoms with Gasteiger partial charge in [0.1, 0.15) is 6.61 Å². The van der Waals surface area contributed by atoms with Gasteiger partial charge in [0.15, 0.2) is 0 Å². The molecule has 0 saturated carbocycles. The third-order valence-electron chi connectivity index (χ3n) is 3.21. The first kappa shape index (κ1) is 15.9. The van der Waals surface area contributed by atoms with Gasteiger partial charge in [-0.15, -0.1) is 0 Å². The molecule has 0 aliphatic rings. The van der Waals surface area contributed by atoms with E-state index in [1.807, 2.05) is 19.1 Å². The Morgan fingerprint density at radius 1 is 1.21 bits per heavy atom. The van der Waals surface area contributed by atoms with Crippen molar-refractivity contribution in [3.63, 3.8) is 0 Å². The summed E-state index contributed by atoms with van der Waals surface area (Å²) in [5.74, 6) is 0.657. The maximum Gasteiger partial charge on any atom is 0.218 e. The molecule has 0 bridgehead atoms. The fourth-order valence-electron chi connectivity index (χ4n) is 2.23. The van der Waals surface area contributed by atoms with Crippen molar-refractivity contribution in [3.05, 3.63) is 23.9 Å². The number of nitrogens with zero attached hydrogens (tertiary/aromatic N) is 2. The molecule has 0 aliphatic heterocycles. The van der Waals surface area contributed by atoms with Gasteiger partial charge in [-0.2, -0.15) is 0 Å². The van der Waals surface area contributed by atoms with Gasteiger partial charge in [-0.1, -0.05) is 6.07 Å². The van der Waals surface area contributed by atoms with Gasteiger partial charge < -0.3 is 10.5 Å². The Balaban J connectivity index is 2.58. The van der Waals surface area contributed by atoms with E-state index in [0.29, 0.717) is 24.6 Å². The molecule has 1 heterocycles. The standard InChI is InChI=1S/C15H27N3O/c1-11(2)18(12(3)4)9-10-19-15-14(13(5)16)7-6-8-17-15/h6-8,11-13H,9-10,16H2,1-5H3. The van der Waals surface area contributed by atoms with Crippen LogP contribution in [0.5, 0.6) is 5.88 Å². The van der Waals surface area contributed by atoms with Gasteiger partial charge in [0, 0.05) is 36.4 Å². The third-order valence-corrected chi connectivity index (χ3v) is 3.21. The van der Waals surface area contributed by atoms with E-state index in [4.69, 9.17) is 10.5 Å². The van der Waals surface area contributed by atoms with Gasteiger partial charge in [0.2, 0.25) is 5.88 Å². The highest BCUT2D eigenvalue weighted by Gasteiger charge is 2.14. The number of nitrogens with two attached hydrogens (primary N) is 1. The van der Waals surface area contributed by atoms with Crippen molar-refractivity contribution in [1.29, 1.82) is 0 Å². The fraction of sp³-hybridized carbons (Fsp3) is 0.667. The summed E-state index contributed by atoms with van der Waals surface area (Å²) in [7, 11) is 0. The van der Waals surface area contributed by atoms with Crippen molar-refractivity contribution in [3.8, 4) is 5.88 Å². The van der Waals surface area contributed by atoms with Crippen molar-refractivity contribution in [1.82, 2.24) is 9.88 Å². The number of pyridine rings is 1. The summed E-state index contributed by atoms with van der Waals surface area (Å²) in [5.41, 5.74) is 6.87. The van der Waals surface area contributed by atoms with Gasteiger partial charge in [-0.25, -0.2) is 4.98 Å². The molecule has 1 aromatic heterocycles. The zero-order chi connectivity index (χ0) is 14.4. The first-order chi connectivity index (χ1) is 8.93. The summed E-state index contributed by atoms with van der Waals surface area (Å²) >= 11 is 0. The second-order valence-corrected chi connectivity index (χ2v) is 5.46. The SMILES string of the molecule is CC(N)c1cccnc1OCCN(C(C)C)C(C)C. The van der Waals surface area contributed by atoms with Crippen LogP contribution < -0.4 is 10.5 Å². The van der Waals surface area contributed by atoms with Crippen molar-refractivity contribution in [2.75, 3.05) is 13.2 Å². The smallest absolute Gasteiger partial charge is 0.218 e. The highest BCUT2D eigenvalue weighted by atomic mass is 16.5. The Morgan fingerprint density at radius 2 is 1.84 bits per heavy atom. The van der Waals surface area contributed by atoms with E-state index in [2.05, 4.69) is 37.6 Å². The Labute approximate surface area is 117 Å². The van der Waals surface area contributed by atoms with E-state index in [1.165, 1.54) is 0 Å². The minimum atomic E-state index is -0.0602. The number of hydrogen-bond donors (Lipinski definition) is 1. The summed E-state index contributed by atoms with van der Waals surface area (Å²) in [5, 5.41) is 0. The average Bonchev–Trinajstić information content (AvgIpc) is 2.33. The van der Waals surface area contributed by atoms with E-state index < -0.39 is 0 Å². The molecule has 0 saturated heterocycles. The lowest BCUT2D eigenvalue weighted by Crippen LogP contribution is -2.39. The molecule has 1 rings (SSSR count). The second kappa shape index (κ2) is 7.46. The van der Waals surface area contributed by atoms with Crippen molar-refractivity contribution in [2.24, 2.45) is 5.73 Å². The van der Waals surface area contributed by atoms with Crippen LogP contribution in [0.25, 0.3) is 0 Å². The molecule has 1 unspecified atom stereocenters. The predicted octanol–water partition coefficient (Wildman–Crippen LogP) is 2.60. The highest BCUT2D eigenvalue weighted by Crippen LogP contribution is 2.20. The van der Waals surface area contributed by atoms with Crippen molar-refractivity contribution >= 4 is 0 Å². The summed E-state index contributed by atoms with van der Waals surface area (Å²) in [4.78, 5) is 6.66. The first-order valence-electron chi connectivity index (χ1n) is 7.02. The molecule has 1 aromatic rings. The van der Waals surface area contributed by atoms with Crippen LogP contribution in [0.15, 0.2) is 18.3 Å². The molecule has 0 amide bonds. The van der Waals surface area contributed by atoms with E-state index in [9.17, 15) is 0 Å². The summed E-state index contributed by atoms with van der Waals surface area (Å²) in [6.07, 6.45) is 1.74. The maximum atomic E-state index is 5.91. The lowest BCUT2D eigenvalue weighted by Gasteiger charge is -2.30. The van der Waals surface area contributed by atoms with Gasteiger partial charge in [-0.05, 0) is 40.7 Å². The molecule has 0 radical (unpaired) electrons. The van der Waals surface area contributed by atoms with Crippen LogP contribution in [-0.4, -0.2) is 35.1 Å². The number of rotatable bonds is 7. The zero-order valence-electron chi connectivity index (χ0n) is 12.8. The molecule has 4 heteroatoms. The fourth-order valence-corrected chi connectivity index (χ4v) is 2.23. The molecular weight excluding hydrogens is 238 g/mol. The molecule has 0 spiro atoms. The molecule has 0 aromatic carbocycles. The average molecular weight is 265 g/mol. The summed E-state index contributed by atoms with van der Waals surface area (Å²) in [6, 6.07) is 4.82. The third kappa shape index (κ3) is 4.80. The number of hydrogen-bond acceptors (Lipinski definition) is 4. The van der Waals surface area contributed by atoms with Crippen LogP contribution in [0, 0.1) is 0 Å². The Bertz CT molecular complexity index is 369. The molecule has 4 nitrogen and oxygen atoms in total. The van der Waals surface area contributed by atoms with Crippen LogP contribution >= 0.6 is 0 Å². The molecule has 0 aliphatic carbocycles. The predicted molar refractivity (Wildman–Crippen MR) is 79.3 cm³/mol. The molecule has 0 fully saturated rings. The monoisotopic (exact) mass is 265 g/mol. The zero-order valence-corrected chi connectivity index (χ0v) is 12.8. The van der Waals surface area contributed by atoms with E-state index in [-0.39, 0.29) is 6.04 Å². The van der Waals surface area contributed by atoms with E-state index in [1.54, 1.807) is 6.20 Å². The number of ether oxygens (including phenoxy) is 1. The molecule has 108 valence electrons. The molecular formula is C15H27N3O. The van der Waals surface area contributed by atoms with Crippen LogP contribution in [0.3, 0.4) is 0 Å². The largest absolute Gasteiger partial charge is 0.476 e. The Hall–Kier alpha value is -1.13. The minimum absolute atomic E-state index is 0.0602. The van der Waals surface area contributed by atoms with Crippen LogP contribution in [0.2, 0.25) is 0 Å². The van der Waals surface area contributed by atoms with Crippen LogP contribution in [0.4, 0.5) is 0 Å². The Morgan fingerprint density at radius 3 is 2.37 bits per heavy atom. The van der Waals surface area contributed by atoms with Crippen LogP contribution in [0.1, 0.15) is 46.2 Å². The van der Waals surface area contributed by atoms with Crippen LogP contribution in [-0.2, 0) is 0 Å². The second-order valence-electron chi connectivity index (χ2n) is 5.46. The Kier molecular flexibility index (Phi) is 6.25. The van der Waals surface area contributed by atoms with Crippen molar-refractivity contribution < 1.29 is 4.74 Å². The van der Waals surface area contributed by atoms with E-state index in [0.717, 1.165) is 12.1 Å². The molecule has 19 heavy (non-hydrogen) atoms. The van der Waals surface area contributed by atoms with E-state index >= 15 is 0 Å². The van der Waals surface area contributed by atoms with Gasteiger partial charge >= 0.3 is 0 Å². The molecule has 1 atom stereocenters. The maximum absolute atomic E-state index is 5.91. The molecule has 2 N–H and O–H groups in total.